The summed E-state index contributed by atoms with van der Waals surface area (Å²) in [4.78, 5) is 27.9. The van der Waals surface area contributed by atoms with Gasteiger partial charge in [-0.1, -0.05) is 54.6 Å². The van der Waals surface area contributed by atoms with Crippen LogP contribution in [0, 0.1) is 5.92 Å². The molecule has 2 aromatic rings. The molecule has 4 aliphatic rings. The van der Waals surface area contributed by atoms with E-state index in [0.717, 1.165) is 24.2 Å². The second-order valence-electron chi connectivity index (χ2n) is 8.17. The fourth-order valence-electron chi connectivity index (χ4n) is 5.05. The Morgan fingerprint density at radius 1 is 1.07 bits per heavy atom. The first-order chi connectivity index (χ1) is 14.7. The number of nitrogens with zero attached hydrogens (tertiary/aromatic N) is 1. The molecule has 2 heterocycles. The number of rotatable bonds is 2. The lowest BCUT2D eigenvalue weighted by molar-refractivity contribution is -0.147. The smallest absolute Gasteiger partial charge is 0.344 e. The number of benzene rings is 2. The predicted octanol–water partition coefficient (Wildman–Crippen LogP) is 4.11. The van der Waals surface area contributed by atoms with Crippen LogP contribution in [0.25, 0.3) is 10.8 Å². The van der Waals surface area contributed by atoms with E-state index in [-0.39, 0.29) is 28.9 Å². The fourth-order valence-corrected chi connectivity index (χ4v) is 6.34. The van der Waals surface area contributed by atoms with Crippen LogP contribution in [-0.4, -0.2) is 35.2 Å². The Balaban J connectivity index is 1.37. The number of hydrogen-bond acceptors (Lipinski definition) is 4. The molecule has 0 spiro atoms. The van der Waals surface area contributed by atoms with Gasteiger partial charge in [0.25, 0.3) is 5.91 Å². The van der Waals surface area contributed by atoms with Gasteiger partial charge in [0.15, 0.2) is 0 Å². The van der Waals surface area contributed by atoms with E-state index in [2.05, 4.69) is 30.3 Å². The molecule has 0 N–H and O–H groups in total. The Hall–Kier alpha value is -2.79. The minimum Gasteiger partial charge on any atom is -0.453 e. The third-order valence-electron chi connectivity index (χ3n) is 6.51. The number of amides is 1. The van der Waals surface area contributed by atoms with E-state index in [1.54, 1.807) is 17.8 Å². The average Bonchev–Trinajstić information content (AvgIpc) is 3.42. The van der Waals surface area contributed by atoms with Crippen molar-refractivity contribution in [1.82, 2.24) is 4.90 Å². The van der Waals surface area contributed by atoms with Crippen LogP contribution in [0.3, 0.4) is 0 Å². The van der Waals surface area contributed by atoms with E-state index in [4.69, 9.17) is 4.74 Å². The topological polar surface area (TPSA) is 46.6 Å². The van der Waals surface area contributed by atoms with E-state index < -0.39 is 5.97 Å². The third-order valence-corrected chi connectivity index (χ3v) is 7.75. The van der Waals surface area contributed by atoms with Gasteiger partial charge in [0.1, 0.15) is 17.1 Å². The van der Waals surface area contributed by atoms with Crippen molar-refractivity contribution >= 4 is 34.4 Å². The molecule has 2 aliphatic carbocycles. The van der Waals surface area contributed by atoms with Gasteiger partial charge in [-0.3, -0.25) is 4.79 Å². The Morgan fingerprint density at radius 2 is 1.90 bits per heavy atom. The van der Waals surface area contributed by atoms with Crippen LogP contribution in [0.4, 0.5) is 0 Å². The highest BCUT2D eigenvalue weighted by atomic mass is 32.2. The number of allylic oxidation sites excluding steroid dienone is 2. The minimum absolute atomic E-state index is 0.0721. The minimum atomic E-state index is -0.516. The van der Waals surface area contributed by atoms with Crippen molar-refractivity contribution in [2.45, 2.75) is 24.3 Å². The highest BCUT2D eigenvalue weighted by molar-refractivity contribution is 7.99. The Bertz CT molecular complexity index is 1170. The van der Waals surface area contributed by atoms with E-state index in [1.807, 2.05) is 29.2 Å². The number of hydrogen-bond donors (Lipinski definition) is 0. The standard InChI is InChI=1S/C25H21NO3S/c27-23(20-14-17-4-1-2-7-21(17)29-25(20)28)26-12-13-30-24(26)19-11-10-16-9-8-15-5-3-6-18(19)22(15)16/h1-7,10-11,14,17,21,24H,8-9,12-13H2/t17-,21-,24-/m0/s1. The number of carbonyl (C=O) groups excluding carboxylic acids is 2. The quantitative estimate of drug-likeness (QED) is 0.547. The van der Waals surface area contributed by atoms with Crippen LogP contribution >= 0.6 is 11.8 Å². The van der Waals surface area contributed by atoms with Crippen molar-refractivity contribution in [2.75, 3.05) is 12.3 Å². The van der Waals surface area contributed by atoms with Crippen LogP contribution < -0.4 is 0 Å². The van der Waals surface area contributed by atoms with Gasteiger partial charge in [-0.2, -0.15) is 0 Å². The number of ether oxygens (including phenoxy) is 1. The van der Waals surface area contributed by atoms with Crippen molar-refractivity contribution in [3.63, 3.8) is 0 Å². The van der Waals surface area contributed by atoms with E-state index in [0.29, 0.717) is 6.54 Å². The van der Waals surface area contributed by atoms with Crippen LogP contribution in [0.15, 0.2) is 66.3 Å². The lowest BCUT2D eigenvalue weighted by atomic mass is 9.92. The maximum absolute atomic E-state index is 13.5. The Kier molecular flexibility index (Phi) is 4.13. The fraction of sp³-hybridized carbons (Fsp3) is 0.280. The molecule has 6 rings (SSSR count). The number of esters is 1. The first-order valence-corrected chi connectivity index (χ1v) is 11.5. The normalized spacial score (nSPS) is 26.7. The molecule has 0 aromatic heterocycles. The molecule has 2 aromatic carbocycles. The van der Waals surface area contributed by atoms with Gasteiger partial charge in [0.2, 0.25) is 0 Å². The van der Waals surface area contributed by atoms with Gasteiger partial charge < -0.3 is 9.64 Å². The molecule has 0 bridgehead atoms. The van der Waals surface area contributed by atoms with Crippen molar-refractivity contribution in [3.05, 3.63) is 83.0 Å². The molecule has 1 amide bonds. The lowest BCUT2D eigenvalue weighted by Gasteiger charge is -2.30. The highest BCUT2D eigenvalue weighted by Crippen LogP contribution is 2.44. The maximum atomic E-state index is 13.5. The maximum Gasteiger partial charge on any atom is 0.344 e. The number of aryl methyl sites for hydroxylation is 2. The van der Waals surface area contributed by atoms with E-state index in [9.17, 15) is 9.59 Å². The monoisotopic (exact) mass is 415 g/mol. The predicted molar refractivity (Wildman–Crippen MR) is 118 cm³/mol. The van der Waals surface area contributed by atoms with Crippen molar-refractivity contribution in [3.8, 4) is 0 Å². The van der Waals surface area contributed by atoms with Crippen LogP contribution in [0.2, 0.25) is 0 Å². The molecule has 0 saturated carbocycles. The molecule has 2 aliphatic heterocycles. The van der Waals surface area contributed by atoms with Gasteiger partial charge >= 0.3 is 5.97 Å². The zero-order chi connectivity index (χ0) is 20.2. The van der Waals surface area contributed by atoms with Crippen molar-refractivity contribution in [2.24, 2.45) is 5.92 Å². The van der Waals surface area contributed by atoms with Gasteiger partial charge in [-0.25, -0.2) is 4.79 Å². The number of carbonyl (C=O) groups is 2. The molecule has 4 nitrogen and oxygen atoms in total. The molecule has 1 saturated heterocycles. The van der Waals surface area contributed by atoms with E-state index >= 15 is 0 Å². The molecule has 0 radical (unpaired) electrons. The number of fused-ring (bicyclic) bond motifs is 1. The summed E-state index contributed by atoms with van der Waals surface area (Å²) in [5.74, 6) is 0.0464. The van der Waals surface area contributed by atoms with Gasteiger partial charge in [-0.15, -0.1) is 11.8 Å². The first kappa shape index (κ1) is 18.0. The molecular weight excluding hydrogens is 394 g/mol. The van der Waals surface area contributed by atoms with Gasteiger partial charge in [-0.05, 0) is 46.4 Å². The molecule has 5 heteroatoms. The number of thioether (sulfide) groups is 1. The molecule has 30 heavy (non-hydrogen) atoms. The van der Waals surface area contributed by atoms with Gasteiger partial charge in [0, 0.05) is 18.2 Å². The molecular formula is C25H21NO3S. The van der Waals surface area contributed by atoms with E-state index in [1.165, 1.54) is 21.9 Å². The zero-order valence-corrected chi connectivity index (χ0v) is 17.2. The molecule has 0 unspecified atom stereocenters. The van der Waals surface area contributed by atoms with Crippen LogP contribution in [0.5, 0.6) is 0 Å². The van der Waals surface area contributed by atoms with Crippen molar-refractivity contribution in [1.29, 1.82) is 0 Å². The lowest BCUT2D eigenvalue weighted by Crippen LogP contribution is -2.39. The van der Waals surface area contributed by atoms with Crippen LogP contribution in [-0.2, 0) is 27.2 Å². The summed E-state index contributed by atoms with van der Waals surface area (Å²) in [6.45, 7) is 0.631. The zero-order valence-electron chi connectivity index (χ0n) is 16.4. The Labute approximate surface area is 179 Å². The second-order valence-corrected chi connectivity index (χ2v) is 9.36. The summed E-state index contributed by atoms with van der Waals surface area (Å²) in [6.07, 6.45) is 11.3. The molecule has 150 valence electrons. The van der Waals surface area contributed by atoms with Crippen molar-refractivity contribution < 1.29 is 14.3 Å². The SMILES string of the molecule is O=C1O[C@H]2C=CC=C[C@H]2C=C1C(=O)N1CCS[C@H]1c1ccc2c3c(cccc13)CC2. The Morgan fingerprint density at radius 3 is 2.80 bits per heavy atom. The highest BCUT2D eigenvalue weighted by Gasteiger charge is 2.39. The average molecular weight is 416 g/mol. The second kappa shape index (κ2) is 6.88. The summed E-state index contributed by atoms with van der Waals surface area (Å²) < 4.78 is 5.53. The summed E-state index contributed by atoms with van der Waals surface area (Å²) in [6, 6.07) is 10.9. The summed E-state index contributed by atoms with van der Waals surface area (Å²) in [5.41, 5.74) is 4.12. The van der Waals surface area contributed by atoms with Crippen LogP contribution in [0.1, 0.15) is 22.1 Å². The van der Waals surface area contributed by atoms with Gasteiger partial charge in [0.05, 0.1) is 0 Å². The largest absolute Gasteiger partial charge is 0.453 e. The first-order valence-electron chi connectivity index (χ1n) is 10.4. The molecule has 3 atom stereocenters. The summed E-state index contributed by atoms with van der Waals surface area (Å²) in [7, 11) is 0. The molecule has 1 fully saturated rings. The third kappa shape index (κ3) is 2.68. The summed E-state index contributed by atoms with van der Waals surface area (Å²) >= 11 is 1.77. The summed E-state index contributed by atoms with van der Waals surface area (Å²) in [5, 5.41) is 2.50.